The Kier molecular flexibility index (Phi) is 6.29. The van der Waals surface area contributed by atoms with Gasteiger partial charge in [0.25, 0.3) is 0 Å². The molecule has 0 aliphatic carbocycles. The number of alkyl halides is 2. The summed E-state index contributed by atoms with van der Waals surface area (Å²) >= 11 is 0. The van der Waals surface area contributed by atoms with Crippen LogP contribution < -0.4 is 4.74 Å². The Bertz CT molecular complexity index is 1550. The highest BCUT2D eigenvalue weighted by atomic mass is 32.2. The number of hydrogen-bond donors (Lipinski definition) is 0. The molecule has 4 aromatic rings. The van der Waals surface area contributed by atoms with Crippen molar-refractivity contribution in [3.63, 3.8) is 0 Å². The monoisotopic (exact) mass is 514 g/mol. The maximum Gasteiger partial charge on any atom is 0.387 e. The van der Waals surface area contributed by atoms with Gasteiger partial charge in [0, 0.05) is 29.1 Å². The van der Waals surface area contributed by atoms with Crippen LogP contribution in [0.4, 0.5) is 13.2 Å². The highest BCUT2D eigenvalue weighted by Crippen LogP contribution is 2.35. The summed E-state index contributed by atoms with van der Waals surface area (Å²) in [5, 5.41) is 0.718. The maximum absolute atomic E-state index is 13.5. The Morgan fingerprint density at radius 3 is 2.67 bits per heavy atom. The van der Waals surface area contributed by atoms with Gasteiger partial charge in [-0.15, -0.1) is 0 Å². The fraction of sp³-hybridized carbons (Fsp3) is 0.231. The quantitative estimate of drug-likeness (QED) is 0.307. The number of fused-ring (bicyclic) bond motifs is 1. The van der Waals surface area contributed by atoms with Crippen molar-refractivity contribution in [3.05, 3.63) is 78.4 Å². The van der Waals surface area contributed by atoms with Crippen molar-refractivity contribution in [1.82, 2.24) is 9.55 Å². The minimum atomic E-state index is -3.10. The average Bonchev–Trinajstić information content (AvgIpc) is 3.38. The summed E-state index contributed by atoms with van der Waals surface area (Å²) in [7, 11) is -3.10. The number of ketones is 1. The first kappa shape index (κ1) is 24.1. The molecule has 0 N–H and O–H groups in total. The number of halogens is 3. The van der Waals surface area contributed by atoms with E-state index >= 15 is 0 Å². The molecule has 6 nitrogen and oxygen atoms in total. The highest BCUT2D eigenvalue weighted by Gasteiger charge is 2.29. The van der Waals surface area contributed by atoms with Gasteiger partial charge in [-0.1, -0.05) is 24.3 Å². The number of Topliss-reactive ketones (excluding diaryl/α,β-unsaturated/α-hetero) is 1. The molecule has 0 radical (unpaired) electrons. The van der Waals surface area contributed by atoms with Crippen LogP contribution in [-0.2, 0) is 9.84 Å². The third kappa shape index (κ3) is 4.99. The summed E-state index contributed by atoms with van der Waals surface area (Å²) in [5.74, 6) is -0.376. The van der Waals surface area contributed by atoms with Gasteiger partial charge in [-0.2, -0.15) is 8.78 Å². The average molecular weight is 515 g/mol. The fourth-order valence-corrected chi connectivity index (χ4v) is 6.45. The Morgan fingerprint density at radius 2 is 1.97 bits per heavy atom. The molecule has 10 heteroatoms. The molecular weight excluding hydrogens is 493 g/mol. The molecule has 2 aromatic carbocycles. The van der Waals surface area contributed by atoms with Crippen LogP contribution in [0.1, 0.15) is 23.2 Å². The summed E-state index contributed by atoms with van der Waals surface area (Å²) in [4.78, 5) is 17.2. The zero-order valence-corrected chi connectivity index (χ0v) is 19.7. The van der Waals surface area contributed by atoms with Crippen LogP contribution in [0.25, 0.3) is 27.8 Å². The molecular formula is C26H21F3N2O4S. The lowest BCUT2D eigenvalue weighted by Crippen LogP contribution is -2.11. The Balaban J connectivity index is 1.58. The van der Waals surface area contributed by atoms with Crippen LogP contribution in [0.3, 0.4) is 0 Å². The predicted octanol–water partition coefficient (Wildman–Crippen LogP) is 5.44. The molecule has 1 saturated heterocycles. The number of ether oxygens (including phenoxy) is 1. The summed E-state index contributed by atoms with van der Waals surface area (Å²) in [5.41, 5.74) is 2.30. The van der Waals surface area contributed by atoms with Gasteiger partial charge in [-0.3, -0.25) is 4.79 Å². The molecule has 1 unspecified atom stereocenters. The van der Waals surface area contributed by atoms with E-state index in [-0.39, 0.29) is 35.4 Å². The first-order valence-electron chi connectivity index (χ1n) is 11.2. The highest BCUT2D eigenvalue weighted by molar-refractivity contribution is 7.91. The van der Waals surface area contributed by atoms with Crippen molar-refractivity contribution in [2.24, 2.45) is 5.92 Å². The van der Waals surface area contributed by atoms with Crippen molar-refractivity contribution >= 4 is 26.5 Å². The van der Waals surface area contributed by atoms with Crippen LogP contribution in [0.15, 0.2) is 67.0 Å². The first-order valence-corrected chi connectivity index (χ1v) is 13.1. The number of rotatable bonds is 7. The maximum atomic E-state index is 13.5. The summed E-state index contributed by atoms with van der Waals surface area (Å²) in [6, 6.07) is 14.1. The van der Waals surface area contributed by atoms with Gasteiger partial charge in [-0.05, 0) is 48.2 Å². The molecule has 3 heterocycles. The lowest BCUT2D eigenvalue weighted by molar-refractivity contribution is -0.0498. The molecule has 0 saturated carbocycles. The van der Waals surface area contributed by atoms with Crippen LogP contribution >= 0.6 is 0 Å². The van der Waals surface area contributed by atoms with Crippen LogP contribution in [-0.4, -0.2) is 41.9 Å². The molecule has 1 aliphatic heterocycles. The molecule has 186 valence electrons. The molecule has 1 atom stereocenters. The lowest BCUT2D eigenvalue weighted by Gasteiger charge is -2.09. The smallest absolute Gasteiger partial charge is 0.387 e. The standard InChI is InChI=1S/C26H21F3N2O4S/c27-19-5-7-25(30-13-19)31-14-22(17-2-1-3-20(11-17)35-26(28)29)21-6-4-18(12-23(21)31)24(32)10-16-8-9-36(33,34)15-16/h1-7,11-14,16,26H,8-10,15H2. The molecule has 36 heavy (non-hydrogen) atoms. The topological polar surface area (TPSA) is 78.3 Å². The predicted molar refractivity (Wildman–Crippen MR) is 129 cm³/mol. The number of pyridine rings is 1. The Labute approximate surface area is 205 Å². The number of carbonyl (C=O) groups excluding carboxylic acids is 1. The summed E-state index contributed by atoms with van der Waals surface area (Å²) < 4.78 is 68.8. The van der Waals surface area contributed by atoms with Crippen LogP contribution in [0.2, 0.25) is 0 Å². The van der Waals surface area contributed by atoms with Crippen molar-refractivity contribution in [2.45, 2.75) is 19.5 Å². The molecule has 0 bridgehead atoms. The fourth-order valence-electron chi connectivity index (χ4n) is 4.58. The van der Waals surface area contributed by atoms with Crippen molar-refractivity contribution < 1.29 is 31.1 Å². The number of sulfone groups is 1. The van der Waals surface area contributed by atoms with E-state index in [0.717, 1.165) is 11.6 Å². The van der Waals surface area contributed by atoms with E-state index in [0.29, 0.717) is 34.4 Å². The van der Waals surface area contributed by atoms with E-state index in [1.807, 2.05) is 0 Å². The van der Waals surface area contributed by atoms with Gasteiger partial charge in [0.1, 0.15) is 17.4 Å². The van der Waals surface area contributed by atoms with Crippen molar-refractivity contribution in [1.29, 1.82) is 0 Å². The third-order valence-electron chi connectivity index (χ3n) is 6.26. The SMILES string of the molecule is O=C(CC1CCS(=O)(=O)C1)c1ccc2c(-c3cccc(OC(F)F)c3)cn(-c3ccc(F)cn3)c2c1. The van der Waals surface area contributed by atoms with Gasteiger partial charge >= 0.3 is 6.61 Å². The second-order valence-corrected chi connectivity index (χ2v) is 11.0. The van der Waals surface area contributed by atoms with Gasteiger partial charge in [0.2, 0.25) is 0 Å². The zero-order chi connectivity index (χ0) is 25.4. The molecule has 2 aromatic heterocycles. The van der Waals surface area contributed by atoms with Gasteiger partial charge in [0.05, 0.1) is 23.2 Å². The Hall–Kier alpha value is -3.66. The minimum absolute atomic E-state index is 0.00150. The number of carbonyl (C=O) groups is 1. The number of hydrogen-bond acceptors (Lipinski definition) is 5. The lowest BCUT2D eigenvalue weighted by atomic mass is 9.96. The largest absolute Gasteiger partial charge is 0.435 e. The van der Waals surface area contributed by atoms with Crippen LogP contribution in [0, 0.1) is 11.7 Å². The normalized spacial score (nSPS) is 17.1. The van der Waals surface area contributed by atoms with Crippen LogP contribution in [0.5, 0.6) is 5.75 Å². The first-order chi connectivity index (χ1) is 17.2. The summed E-state index contributed by atoms with van der Waals surface area (Å²) in [6.45, 7) is -2.96. The van der Waals surface area contributed by atoms with Crippen molar-refractivity contribution in [3.8, 4) is 22.7 Å². The molecule has 0 spiro atoms. The van der Waals surface area contributed by atoms with E-state index in [2.05, 4.69) is 9.72 Å². The van der Waals surface area contributed by atoms with Gasteiger partial charge < -0.3 is 9.30 Å². The zero-order valence-electron chi connectivity index (χ0n) is 18.9. The number of aromatic nitrogens is 2. The number of benzene rings is 2. The molecule has 1 fully saturated rings. The van der Waals surface area contributed by atoms with Crippen molar-refractivity contribution in [2.75, 3.05) is 11.5 Å². The molecule has 5 rings (SSSR count). The van der Waals surface area contributed by atoms with E-state index in [4.69, 9.17) is 0 Å². The summed E-state index contributed by atoms with van der Waals surface area (Å²) in [6.07, 6.45) is 3.41. The number of nitrogens with zero attached hydrogens (tertiary/aromatic N) is 2. The Morgan fingerprint density at radius 1 is 1.14 bits per heavy atom. The molecule has 1 aliphatic rings. The van der Waals surface area contributed by atoms with Gasteiger partial charge in [-0.25, -0.2) is 17.8 Å². The van der Waals surface area contributed by atoms with Gasteiger partial charge in [0.15, 0.2) is 15.6 Å². The minimum Gasteiger partial charge on any atom is -0.435 e. The van der Waals surface area contributed by atoms with E-state index < -0.39 is 22.3 Å². The third-order valence-corrected chi connectivity index (χ3v) is 8.09. The molecule has 0 amide bonds. The second kappa shape index (κ2) is 9.42. The van der Waals surface area contributed by atoms with E-state index in [9.17, 15) is 26.4 Å². The van der Waals surface area contributed by atoms with E-state index in [1.165, 1.54) is 24.3 Å². The van der Waals surface area contributed by atoms with E-state index in [1.54, 1.807) is 41.1 Å². The second-order valence-electron chi connectivity index (χ2n) is 8.78.